The number of ether oxygens (including phenoxy) is 2. The minimum atomic E-state index is -0.471. The van der Waals surface area contributed by atoms with Gasteiger partial charge in [0.05, 0.1) is 5.56 Å². The molecule has 0 atom stereocenters. The van der Waals surface area contributed by atoms with E-state index in [-0.39, 0.29) is 28.6 Å². The van der Waals surface area contributed by atoms with Crippen molar-refractivity contribution in [1.82, 2.24) is 4.90 Å². The fraction of sp³-hybridized carbons (Fsp3) is 0.200. The summed E-state index contributed by atoms with van der Waals surface area (Å²) in [6.45, 7) is 4.78. The van der Waals surface area contributed by atoms with Crippen molar-refractivity contribution in [3.05, 3.63) is 65.2 Å². The Morgan fingerprint density at radius 1 is 1.19 bits per heavy atom. The third-order valence-electron chi connectivity index (χ3n) is 4.06. The van der Waals surface area contributed by atoms with Gasteiger partial charge in [-0.2, -0.15) is 0 Å². The van der Waals surface area contributed by atoms with Crippen LogP contribution in [-0.2, 0) is 0 Å². The molecule has 0 bridgehead atoms. The highest BCUT2D eigenvalue weighted by Crippen LogP contribution is 2.35. The molecular weight excluding hydrogens is 337 g/mol. The number of carbonyl (C=O) groups is 2. The number of nitrogens with zero attached hydrogens (tertiary/aromatic N) is 1. The Kier molecular flexibility index (Phi) is 5.02. The molecule has 0 aromatic heterocycles. The molecule has 134 valence electrons. The van der Waals surface area contributed by atoms with E-state index in [1.807, 2.05) is 13.8 Å². The van der Waals surface area contributed by atoms with Gasteiger partial charge in [0, 0.05) is 24.7 Å². The van der Waals surface area contributed by atoms with Crippen molar-refractivity contribution in [2.45, 2.75) is 13.8 Å². The lowest BCUT2D eigenvalue weighted by atomic mass is 10.1. The number of hydrogen-bond acceptors (Lipinski definition) is 4. The number of fused-ring (bicyclic) bond motifs is 1. The molecule has 0 unspecified atom stereocenters. The molecule has 1 heterocycles. The normalized spacial score (nSPS) is 14.1. The van der Waals surface area contributed by atoms with E-state index in [1.54, 1.807) is 18.2 Å². The van der Waals surface area contributed by atoms with E-state index < -0.39 is 11.9 Å². The maximum atomic E-state index is 13.8. The number of hydrogen-bond donors (Lipinski definition) is 0. The fourth-order valence-corrected chi connectivity index (χ4v) is 2.61. The monoisotopic (exact) mass is 355 g/mol. The van der Waals surface area contributed by atoms with Gasteiger partial charge in [-0.15, -0.1) is 0 Å². The summed E-state index contributed by atoms with van der Waals surface area (Å²) in [6.07, 6.45) is 0.889. The van der Waals surface area contributed by atoms with Crippen LogP contribution < -0.4 is 9.47 Å². The van der Waals surface area contributed by atoms with E-state index in [2.05, 4.69) is 0 Å². The first-order valence-electron chi connectivity index (χ1n) is 8.33. The summed E-state index contributed by atoms with van der Waals surface area (Å²) in [5.74, 6) is -0.202. The molecule has 1 amide bonds. The highest BCUT2D eigenvalue weighted by Gasteiger charge is 2.28. The summed E-state index contributed by atoms with van der Waals surface area (Å²) in [7, 11) is 0. The van der Waals surface area contributed by atoms with Gasteiger partial charge in [-0.3, -0.25) is 4.79 Å². The smallest absolute Gasteiger partial charge is 0.415 e. The van der Waals surface area contributed by atoms with Crippen molar-refractivity contribution in [3.8, 4) is 11.5 Å². The molecule has 0 saturated heterocycles. The summed E-state index contributed by atoms with van der Waals surface area (Å²) in [5, 5.41) is 0. The van der Waals surface area contributed by atoms with E-state index in [4.69, 9.17) is 9.47 Å². The zero-order valence-electron chi connectivity index (χ0n) is 14.5. The fourth-order valence-electron chi connectivity index (χ4n) is 2.61. The summed E-state index contributed by atoms with van der Waals surface area (Å²) in [4.78, 5) is 26.0. The molecule has 1 aliphatic heterocycles. The van der Waals surface area contributed by atoms with E-state index in [0.717, 1.165) is 0 Å². The number of Topliss-reactive ketones (excluding diaryl/α,β-unsaturated/α-hetero) is 1. The number of benzene rings is 2. The van der Waals surface area contributed by atoms with Crippen molar-refractivity contribution >= 4 is 18.0 Å². The Morgan fingerprint density at radius 2 is 1.92 bits per heavy atom. The molecule has 0 saturated carbocycles. The van der Waals surface area contributed by atoms with Crippen LogP contribution in [0, 0.1) is 5.82 Å². The largest absolute Gasteiger partial charge is 0.452 e. The number of amides is 1. The number of halogens is 1. The van der Waals surface area contributed by atoms with Crippen LogP contribution in [0.1, 0.15) is 29.8 Å². The van der Waals surface area contributed by atoms with Crippen molar-refractivity contribution in [2.24, 2.45) is 0 Å². The number of ketones is 1. The first kappa shape index (κ1) is 17.7. The lowest BCUT2D eigenvalue weighted by molar-refractivity contribution is 0.101. The Bertz CT molecular complexity index is 887. The van der Waals surface area contributed by atoms with E-state index in [0.29, 0.717) is 18.7 Å². The average molecular weight is 355 g/mol. The maximum Gasteiger partial charge on any atom is 0.415 e. The van der Waals surface area contributed by atoms with Crippen LogP contribution in [0.15, 0.2) is 48.2 Å². The second-order valence-electron chi connectivity index (χ2n) is 5.66. The molecule has 0 N–H and O–H groups in total. The van der Waals surface area contributed by atoms with Gasteiger partial charge in [0.2, 0.25) is 5.78 Å². The zero-order chi connectivity index (χ0) is 18.7. The van der Waals surface area contributed by atoms with Gasteiger partial charge in [0.1, 0.15) is 17.3 Å². The van der Waals surface area contributed by atoms with Crippen LogP contribution in [-0.4, -0.2) is 29.9 Å². The van der Waals surface area contributed by atoms with E-state index in [1.165, 1.54) is 35.2 Å². The Morgan fingerprint density at radius 3 is 2.62 bits per heavy atom. The number of rotatable bonds is 4. The number of allylic oxidation sites excluding steroid dienone is 1. The topological polar surface area (TPSA) is 55.8 Å². The van der Waals surface area contributed by atoms with Crippen molar-refractivity contribution in [3.63, 3.8) is 0 Å². The predicted octanol–water partition coefficient (Wildman–Crippen LogP) is 4.28. The second-order valence-corrected chi connectivity index (χ2v) is 5.66. The summed E-state index contributed by atoms with van der Waals surface area (Å²) >= 11 is 0. The Hall–Kier alpha value is -3.15. The molecular formula is C20H18FNO4. The van der Waals surface area contributed by atoms with Gasteiger partial charge in [-0.25, -0.2) is 9.18 Å². The molecule has 2 aromatic carbocycles. The third kappa shape index (κ3) is 3.44. The molecule has 1 aliphatic rings. The first-order chi connectivity index (χ1) is 12.5. The van der Waals surface area contributed by atoms with E-state index in [9.17, 15) is 14.0 Å². The third-order valence-corrected chi connectivity index (χ3v) is 4.06. The Balaban J connectivity index is 1.82. The second kappa shape index (κ2) is 7.39. The quantitative estimate of drug-likeness (QED) is 0.768. The molecule has 2 aromatic rings. The van der Waals surface area contributed by atoms with Crippen molar-refractivity contribution in [1.29, 1.82) is 0 Å². The molecule has 6 heteroatoms. The highest BCUT2D eigenvalue weighted by atomic mass is 19.1. The van der Waals surface area contributed by atoms with Crippen molar-refractivity contribution in [2.75, 3.05) is 13.1 Å². The van der Waals surface area contributed by atoms with Gasteiger partial charge < -0.3 is 14.4 Å². The summed E-state index contributed by atoms with van der Waals surface area (Å²) < 4.78 is 24.6. The molecule has 5 nitrogen and oxygen atoms in total. The molecule has 0 spiro atoms. The van der Waals surface area contributed by atoms with Crippen molar-refractivity contribution < 1.29 is 23.5 Å². The molecule has 0 radical (unpaired) electrons. The Labute approximate surface area is 150 Å². The molecule has 3 rings (SSSR count). The van der Waals surface area contributed by atoms with Gasteiger partial charge >= 0.3 is 6.09 Å². The highest BCUT2D eigenvalue weighted by molar-refractivity contribution is 6.14. The summed E-state index contributed by atoms with van der Waals surface area (Å²) in [5.41, 5.74) is 0.604. The van der Waals surface area contributed by atoms with Crippen LogP contribution in [0.25, 0.3) is 6.08 Å². The number of carbonyl (C=O) groups excluding carboxylic acids is 2. The maximum absolute atomic E-state index is 13.8. The van der Waals surface area contributed by atoms with Crippen LogP contribution in [0.4, 0.5) is 9.18 Å². The SMILES string of the molecule is CCN(CC)C(=O)Oc1ccc2c(c1)O/C(=C\c1ccccc1F)C2=O. The van der Waals surface area contributed by atoms with Crippen LogP contribution in [0.3, 0.4) is 0 Å². The van der Waals surface area contributed by atoms with Gasteiger partial charge in [0.25, 0.3) is 0 Å². The minimum Gasteiger partial charge on any atom is -0.452 e. The lowest BCUT2D eigenvalue weighted by Crippen LogP contribution is -2.33. The first-order valence-corrected chi connectivity index (χ1v) is 8.33. The van der Waals surface area contributed by atoms with Gasteiger partial charge in [-0.1, -0.05) is 18.2 Å². The van der Waals surface area contributed by atoms with Gasteiger partial charge in [0.15, 0.2) is 5.76 Å². The van der Waals surface area contributed by atoms with Gasteiger partial charge in [-0.05, 0) is 38.1 Å². The molecule has 0 fully saturated rings. The summed E-state index contributed by atoms with van der Waals surface area (Å²) in [6, 6.07) is 10.7. The average Bonchev–Trinajstić information content (AvgIpc) is 2.93. The van der Waals surface area contributed by atoms with Crippen LogP contribution in [0.2, 0.25) is 0 Å². The molecule has 0 aliphatic carbocycles. The van der Waals surface area contributed by atoms with E-state index >= 15 is 0 Å². The standard InChI is InChI=1S/C20H18FNO4/c1-3-22(4-2)20(24)25-14-9-10-15-17(12-14)26-18(19(15)23)11-13-7-5-6-8-16(13)21/h5-12H,3-4H2,1-2H3/b18-11-. The van der Waals surface area contributed by atoms with Crippen LogP contribution in [0.5, 0.6) is 11.5 Å². The minimum absolute atomic E-state index is 0.0253. The molecule has 26 heavy (non-hydrogen) atoms. The lowest BCUT2D eigenvalue weighted by Gasteiger charge is -2.17. The van der Waals surface area contributed by atoms with Crippen LogP contribution >= 0.6 is 0 Å². The zero-order valence-corrected chi connectivity index (χ0v) is 14.5. The predicted molar refractivity (Wildman–Crippen MR) is 94.7 cm³/mol.